The first-order valence-electron chi connectivity index (χ1n) is 14.6. The SMILES string of the molecule is COC1CCC([C@@H]2CCN(C(=O)C3CCC([C@H](N)CF)CC3)[C@@H]2C(=O)Nc2ccc3oc(C(=O)O)c(Cl)c3c2)CC1. The van der Waals surface area contributed by atoms with Gasteiger partial charge in [0.05, 0.1) is 6.10 Å². The van der Waals surface area contributed by atoms with Crippen molar-refractivity contribution < 1.29 is 33.0 Å². The Labute approximate surface area is 243 Å². The van der Waals surface area contributed by atoms with Crippen LogP contribution in [0.15, 0.2) is 22.6 Å². The third-order valence-electron chi connectivity index (χ3n) is 9.65. The van der Waals surface area contributed by atoms with E-state index < -0.39 is 24.7 Å². The zero-order valence-corrected chi connectivity index (χ0v) is 24.1. The molecule has 0 bridgehead atoms. The van der Waals surface area contributed by atoms with E-state index in [0.717, 1.165) is 32.1 Å². The van der Waals surface area contributed by atoms with Gasteiger partial charge in [-0.15, -0.1) is 0 Å². The Kier molecular flexibility index (Phi) is 9.21. The lowest BCUT2D eigenvalue weighted by molar-refractivity contribution is -0.142. The zero-order valence-electron chi connectivity index (χ0n) is 23.3. The molecule has 2 aliphatic carbocycles. The number of likely N-dealkylation sites (tertiary alicyclic amines) is 1. The van der Waals surface area contributed by atoms with Crippen LogP contribution in [0.5, 0.6) is 0 Å². The lowest BCUT2D eigenvalue weighted by Gasteiger charge is -2.37. The minimum Gasteiger partial charge on any atom is -0.475 e. The molecule has 2 heterocycles. The molecular weight excluding hydrogens is 553 g/mol. The van der Waals surface area contributed by atoms with Crippen molar-refractivity contribution in [2.75, 3.05) is 25.6 Å². The minimum absolute atomic E-state index is 0.00933. The Bertz CT molecular complexity index is 1270. The molecule has 0 unspecified atom stereocenters. The monoisotopic (exact) mass is 591 g/mol. The molecule has 0 radical (unpaired) electrons. The van der Waals surface area contributed by atoms with Gasteiger partial charge in [0.2, 0.25) is 17.6 Å². The average molecular weight is 592 g/mol. The second-order valence-corrected chi connectivity index (χ2v) is 12.3. The summed E-state index contributed by atoms with van der Waals surface area (Å²) >= 11 is 6.25. The molecule has 9 nitrogen and oxygen atoms in total. The smallest absolute Gasteiger partial charge is 0.373 e. The van der Waals surface area contributed by atoms with E-state index in [1.54, 1.807) is 30.2 Å². The molecule has 2 amide bonds. The van der Waals surface area contributed by atoms with Crippen molar-refractivity contribution in [2.24, 2.45) is 29.4 Å². The van der Waals surface area contributed by atoms with E-state index in [-0.39, 0.29) is 46.5 Å². The lowest BCUT2D eigenvalue weighted by Crippen LogP contribution is -2.50. The van der Waals surface area contributed by atoms with Crippen LogP contribution in [0.2, 0.25) is 5.02 Å². The number of methoxy groups -OCH3 is 1. The van der Waals surface area contributed by atoms with Crippen LogP contribution in [-0.4, -0.2) is 66.3 Å². The third kappa shape index (κ3) is 6.10. The highest BCUT2D eigenvalue weighted by molar-refractivity contribution is 6.38. The number of fused-ring (bicyclic) bond motifs is 1. The van der Waals surface area contributed by atoms with Crippen molar-refractivity contribution in [1.29, 1.82) is 0 Å². The number of ether oxygens (including phenoxy) is 1. The number of amides is 2. The van der Waals surface area contributed by atoms with E-state index in [4.69, 9.17) is 26.5 Å². The Balaban J connectivity index is 1.36. The normalized spacial score (nSPS) is 29.4. The van der Waals surface area contributed by atoms with Crippen LogP contribution in [0, 0.1) is 23.7 Å². The van der Waals surface area contributed by atoms with E-state index in [1.807, 2.05) is 0 Å². The predicted molar refractivity (Wildman–Crippen MR) is 153 cm³/mol. The first-order valence-corrected chi connectivity index (χ1v) is 15.0. The number of carboxylic acid groups (broad SMARTS) is 1. The summed E-state index contributed by atoms with van der Waals surface area (Å²) in [5.74, 6) is -1.70. The van der Waals surface area contributed by atoms with Gasteiger partial charge in [0, 0.05) is 36.7 Å². The van der Waals surface area contributed by atoms with E-state index in [9.17, 15) is 23.9 Å². The highest BCUT2D eigenvalue weighted by atomic mass is 35.5. The van der Waals surface area contributed by atoms with Crippen molar-refractivity contribution in [1.82, 2.24) is 4.90 Å². The number of furan rings is 1. The molecule has 11 heteroatoms. The molecule has 5 rings (SSSR count). The van der Waals surface area contributed by atoms with Crippen LogP contribution < -0.4 is 11.1 Å². The molecular formula is C30H39ClFN3O6. The molecule has 41 heavy (non-hydrogen) atoms. The molecule has 3 aliphatic rings. The second kappa shape index (κ2) is 12.7. The number of nitrogens with two attached hydrogens (primary N) is 1. The van der Waals surface area contributed by atoms with Crippen LogP contribution in [0.4, 0.5) is 10.1 Å². The number of carboxylic acids is 1. The molecule has 2 aromatic rings. The number of nitrogens with zero attached hydrogens (tertiary/aromatic N) is 1. The quantitative estimate of drug-likeness (QED) is 0.381. The van der Waals surface area contributed by atoms with Crippen molar-refractivity contribution in [3.63, 3.8) is 0 Å². The van der Waals surface area contributed by atoms with Gasteiger partial charge in [0.1, 0.15) is 23.3 Å². The van der Waals surface area contributed by atoms with Crippen molar-refractivity contribution in [2.45, 2.75) is 76.0 Å². The summed E-state index contributed by atoms with van der Waals surface area (Å²) in [6.45, 7) is -0.0393. The molecule has 1 saturated heterocycles. The number of rotatable bonds is 8. The van der Waals surface area contributed by atoms with Gasteiger partial charge in [-0.2, -0.15) is 0 Å². The number of halogens is 2. The van der Waals surface area contributed by atoms with Crippen LogP contribution in [0.3, 0.4) is 0 Å². The van der Waals surface area contributed by atoms with E-state index in [2.05, 4.69) is 5.32 Å². The van der Waals surface area contributed by atoms with Crippen LogP contribution >= 0.6 is 11.6 Å². The molecule has 2 saturated carbocycles. The number of nitrogens with one attached hydrogen (secondary N) is 1. The standard InChI is InChI=1S/C30H39ClFN3O6/c1-40-20-9-6-16(7-10-20)21-12-13-35(29(37)18-4-2-17(3-5-18)23(33)15-32)26(21)28(36)34-19-8-11-24-22(14-19)25(31)27(41-24)30(38)39/h8,11,14,16-18,20-21,23,26H,2-7,9-10,12-13,15,33H2,1H3,(H,34,36)(H,38,39)/t16?,17?,18?,20?,21-,23+,26-/m0/s1. The number of carbonyl (C=O) groups excluding carboxylic acids is 2. The van der Waals surface area contributed by atoms with Gasteiger partial charge in [0.15, 0.2) is 0 Å². The number of hydrogen-bond acceptors (Lipinski definition) is 6. The highest BCUT2D eigenvalue weighted by Crippen LogP contribution is 2.42. The molecule has 1 aliphatic heterocycles. The molecule has 4 N–H and O–H groups in total. The van der Waals surface area contributed by atoms with E-state index in [1.165, 1.54) is 0 Å². The lowest BCUT2D eigenvalue weighted by atomic mass is 9.75. The summed E-state index contributed by atoms with van der Waals surface area (Å²) in [5, 5.41) is 12.7. The van der Waals surface area contributed by atoms with Gasteiger partial charge in [-0.1, -0.05) is 11.6 Å². The maximum Gasteiger partial charge on any atom is 0.373 e. The number of carbonyl (C=O) groups is 3. The van der Waals surface area contributed by atoms with Crippen molar-refractivity contribution in [3.8, 4) is 0 Å². The van der Waals surface area contributed by atoms with Crippen LogP contribution in [0.1, 0.15) is 68.3 Å². The van der Waals surface area contributed by atoms with Crippen LogP contribution in [0.25, 0.3) is 11.0 Å². The predicted octanol–water partition coefficient (Wildman–Crippen LogP) is 5.25. The molecule has 3 fully saturated rings. The maximum atomic E-state index is 14.0. The molecule has 1 aromatic carbocycles. The van der Waals surface area contributed by atoms with Gasteiger partial charge >= 0.3 is 5.97 Å². The molecule has 3 atom stereocenters. The first-order chi connectivity index (χ1) is 19.7. The Hall–Kier alpha value is -2.69. The number of benzene rings is 1. The van der Waals surface area contributed by atoms with Crippen molar-refractivity contribution in [3.05, 3.63) is 29.0 Å². The number of hydrogen-bond donors (Lipinski definition) is 3. The van der Waals surface area contributed by atoms with Gasteiger partial charge in [-0.3, -0.25) is 9.59 Å². The summed E-state index contributed by atoms with van der Waals surface area (Å²) in [5.41, 5.74) is 6.68. The summed E-state index contributed by atoms with van der Waals surface area (Å²) < 4.78 is 24.0. The summed E-state index contributed by atoms with van der Waals surface area (Å²) in [4.78, 5) is 41.0. The maximum absolute atomic E-state index is 14.0. The van der Waals surface area contributed by atoms with E-state index in [0.29, 0.717) is 54.8 Å². The van der Waals surface area contributed by atoms with Gasteiger partial charge < -0.3 is 30.2 Å². The Morgan fingerprint density at radius 1 is 1.15 bits per heavy atom. The molecule has 224 valence electrons. The molecule has 0 spiro atoms. The fourth-order valence-corrected chi connectivity index (χ4v) is 7.57. The Morgan fingerprint density at radius 2 is 1.85 bits per heavy atom. The summed E-state index contributed by atoms with van der Waals surface area (Å²) in [6.07, 6.45) is 7.43. The fraction of sp³-hybridized carbons (Fsp3) is 0.633. The fourth-order valence-electron chi connectivity index (χ4n) is 7.30. The van der Waals surface area contributed by atoms with Gasteiger partial charge in [-0.25, -0.2) is 9.18 Å². The largest absolute Gasteiger partial charge is 0.475 e. The third-order valence-corrected chi connectivity index (χ3v) is 10.0. The number of anilines is 1. The van der Waals surface area contributed by atoms with Gasteiger partial charge in [0.25, 0.3) is 0 Å². The minimum atomic E-state index is -1.27. The zero-order chi connectivity index (χ0) is 29.3. The Morgan fingerprint density at radius 3 is 2.49 bits per heavy atom. The molecule has 1 aromatic heterocycles. The summed E-state index contributed by atoms with van der Waals surface area (Å²) in [7, 11) is 1.73. The number of alkyl halides is 1. The summed E-state index contributed by atoms with van der Waals surface area (Å²) in [6, 6.07) is 3.70. The second-order valence-electron chi connectivity index (χ2n) is 11.9. The highest BCUT2D eigenvalue weighted by Gasteiger charge is 2.47. The van der Waals surface area contributed by atoms with Crippen molar-refractivity contribution >= 4 is 46.0 Å². The first kappa shape index (κ1) is 29.8. The van der Waals surface area contributed by atoms with Crippen LogP contribution in [-0.2, 0) is 14.3 Å². The number of aromatic carboxylic acids is 1. The van der Waals surface area contributed by atoms with E-state index >= 15 is 0 Å². The average Bonchev–Trinajstić information content (AvgIpc) is 3.58. The van der Waals surface area contributed by atoms with Gasteiger partial charge in [-0.05, 0) is 93.7 Å². The topological polar surface area (TPSA) is 135 Å².